The van der Waals surface area contributed by atoms with E-state index in [2.05, 4.69) is 17.0 Å². The summed E-state index contributed by atoms with van der Waals surface area (Å²) in [4.78, 5) is 16.6. The number of amidine groups is 2. The summed E-state index contributed by atoms with van der Waals surface area (Å²) in [7, 11) is 0. The van der Waals surface area contributed by atoms with Crippen molar-refractivity contribution >= 4 is 50.6 Å². The summed E-state index contributed by atoms with van der Waals surface area (Å²) in [5.41, 5.74) is 1.16. The van der Waals surface area contributed by atoms with Crippen molar-refractivity contribution in [2.75, 3.05) is 0 Å². The average Bonchev–Trinajstić information content (AvgIpc) is 3.01. The largest absolute Gasteiger partial charge is 0.283 e. The monoisotopic (exact) mass is 348 g/mol. The molecule has 0 unspecified atom stereocenters. The van der Waals surface area contributed by atoms with Crippen LogP contribution in [0.25, 0.3) is 16.8 Å². The van der Waals surface area contributed by atoms with Crippen LogP contribution in [0.4, 0.5) is 0 Å². The Bertz CT molecular complexity index is 985. The molecule has 0 saturated heterocycles. The SMILES string of the molecule is CCCC1=NN2C(=N)C(=Cc3cccc4ccccc34)C(=O)N=C2S1. The van der Waals surface area contributed by atoms with Gasteiger partial charge in [0.05, 0.1) is 5.57 Å². The maximum absolute atomic E-state index is 12.5. The van der Waals surface area contributed by atoms with Gasteiger partial charge < -0.3 is 0 Å². The van der Waals surface area contributed by atoms with Crippen molar-refractivity contribution in [2.24, 2.45) is 10.1 Å². The number of nitrogens with zero attached hydrogens (tertiary/aromatic N) is 3. The second-order valence-electron chi connectivity index (χ2n) is 5.83. The van der Waals surface area contributed by atoms with Crippen LogP contribution in [0.15, 0.2) is 58.1 Å². The van der Waals surface area contributed by atoms with Crippen LogP contribution < -0.4 is 0 Å². The van der Waals surface area contributed by atoms with E-state index in [-0.39, 0.29) is 17.3 Å². The Morgan fingerprint density at radius 1 is 1.20 bits per heavy atom. The van der Waals surface area contributed by atoms with Gasteiger partial charge in [0.15, 0.2) is 5.84 Å². The van der Waals surface area contributed by atoms with Gasteiger partial charge >= 0.3 is 0 Å². The number of hydrazone groups is 1. The number of carbonyl (C=O) groups is 1. The number of nitrogens with one attached hydrogen (secondary N) is 1. The molecule has 6 heteroatoms. The predicted molar refractivity (Wildman–Crippen MR) is 104 cm³/mol. The molecule has 2 heterocycles. The van der Waals surface area contributed by atoms with Gasteiger partial charge in [-0.1, -0.05) is 49.4 Å². The van der Waals surface area contributed by atoms with Crippen molar-refractivity contribution < 1.29 is 4.79 Å². The lowest BCUT2D eigenvalue weighted by molar-refractivity contribution is -0.114. The zero-order valence-corrected chi connectivity index (χ0v) is 14.5. The van der Waals surface area contributed by atoms with E-state index in [9.17, 15) is 4.79 Å². The van der Waals surface area contributed by atoms with E-state index in [4.69, 9.17) is 5.41 Å². The maximum atomic E-state index is 12.5. The fourth-order valence-electron chi connectivity index (χ4n) is 2.88. The number of rotatable bonds is 3. The van der Waals surface area contributed by atoms with Gasteiger partial charge in [-0.3, -0.25) is 10.2 Å². The first-order valence-electron chi connectivity index (χ1n) is 8.14. The minimum atomic E-state index is -0.385. The highest BCUT2D eigenvalue weighted by Crippen LogP contribution is 2.30. The smallest absolute Gasteiger partial charge is 0.282 e. The molecule has 0 spiro atoms. The molecular weight excluding hydrogens is 332 g/mol. The molecule has 1 N–H and O–H groups in total. The predicted octanol–water partition coefficient (Wildman–Crippen LogP) is 4.26. The first kappa shape index (κ1) is 15.8. The minimum Gasteiger partial charge on any atom is -0.282 e. The molecule has 2 aliphatic rings. The molecular formula is C19H16N4OS. The third kappa shape index (κ3) is 2.78. The molecule has 0 aliphatic carbocycles. The summed E-state index contributed by atoms with van der Waals surface area (Å²) < 4.78 is 0. The van der Waals surface area contributed by atoms with Gasteiger partial charge in [0, 0.05) is 0 Å². The molecule has 0 bridgehead atoms. The summed E-state index contributed by atoms with van der Waals surface area (Å²) >= 11 is 1.37. The quantitative estimate of drug-likeness (QED) is 0.843. The molecule has 2 aliphatic heterocycles. The van der Waals surface area contributed by atoms with E-state index in [1.165, 1.54) is 16.8 Å². The standard InChI is InChI=1S/C19H16N4OS/c1-2-6-16-22-23-17(20)15(18(24)21-19(23)25-16)11-13-9-5-8-12-7-3-4-10-14(12)13/h3-5,7-11,20H,2,6H2,1H3. The topological polar surface area (TPSA) is 68.9 Å². The van der Waals surface area contributed by atoms with Gasteiger partial charge in [0.25, 0.3) is 5.91 Å². The molecule has 1 amide bonds. The molecule has 2 aromatic carbocycles. The summed E-state index contributed by atoms with van der Waals surface area (Å²) in [6, 6.07) is 13.9. The summed E-state index contributed by atoms with van der Waals surface area (Å²) in [6.45, 7) is 2.07. The Morgan fingerprint density at radius 2 is 2.00 bits per heavy atom. The molecule has 0 aromatic heterocycles. The molecule has 124 valence electrons. The van der Waals surface area contributed by atoms with Crippen LogP contribution in [-0.4, -0.2) is 27.0 Å². The second kappa shape index (κ2) is 6.29. The fraction of sp³-hybridized carbons (Fsp3) is 0.158. The summed E-state index contributed by atoms with van der Waals surface area (Å²) in [5, 5.41) is 17.8. The number of amides is 1. The van der Waals surface area contributed by atoms with Gasteiger partial charge in [-0.05, 0) is 47.0 Å². The third-order valence-corrected chi connectivity index (χ3v) is 5.05. The van der Waals surface area contributed by atoms with E-state index < -0.39 is 0 Å². The first-order valence-corrected chi connectivity index (χ1v) is 8.96. The lowest BCUT2D eigenvalue weighted by Crippen LogP contribution is -2.35. The maximum Gasteiger partial charge on any atom is 0.283 e. The summed E-state index contributed by atoms with van der Waals surface area (Å²) in [6.07, 6.45) is 3.53. The van der Waals surface area contributed by atoms with Gasteiger partial charge in [0.1, 0.15) is 5.04 Å². The highest BCUT2D eigenvalue weighted by molar-refractivity contribution is 8.26. The summed E-state index contributed by atoms with van der Waals surface area (Å²) in [5.74, 6) is -0.300. The molecule has 0 saturated carbocycles. The lowest BCUT2D eigenvalue weighted by atomic mass is 10.0. The van der Waals surface area contributed by atoms with E-state index >= 15 is 0 Å². The van der Waals surface area contributed by atoms with Crippen LogP contribution >= 0.6 is 11.8 Å². The molecule has 0 radical (unpaired) electrons. The highest BCUT2D eigenvalue weighted by Gasteiger charge is 2.35. The normalized spacial score (nSPS) is 18.6. The number of thioether (sulfide) groups is 1. The average molecular weight is 348 g/mol. The van der Waals surface area contributed by atoms with Gasteiger partial charge in [-0.25, -0.2) is 0 Å². The van der Waals surface area contributed by atoms with Crippen molar-refractivity contribution in [3.05, 3.63) is 53.6 Å². The molecule has 0 atom stereocenters. The van der Waals surface area contributed by atoms with Crippen LogP contribution in [0.1, 0.15) is 25.3 Å². The van der Waals surface area contributed by atoms with Crippen molar-refractivity contribution in [3.8, 4) is 0 Å². The Kier molecular flexibility index (Phi) is 3.97. The Morgan fingerprint density at radius 3 is 2.84 bits per heavy atom. The zero-order valence-electron chi connectivity index (χ0n) is 13.7. The van der Waals surface area contributed by atoms with Crippen molar-refractivity contribution in [1.29, 1.82) is 5.41 Å². The van der Waals surface area contributed by atoms with Gasteiger partial charge in [-0.15, -0.1) is 0 Å². The zero-order chi connectivity index (χ0) is 17.4. The third-order valence-electron chi connectivity index (χ3n) is 4.08. The number of benzene rings is 2. The number of hydrogen-bond donors (Lipinski definition) is 1. The number of aliphatic imine (C=N–C) groups is 1. The number of carbonyl (C=O) groups excluding carboxylic acids is 1. The lowest BCUT2D eigenvalue weighted by Gasteiger charge is -2.20. The van der Waals surface area contributed by atoms with Crippen molar-refractivity contribution in [3.63, 3.8) is 0 Å². The van der Waals surface area contributed by atoms with E-state index in [1.54, 1.807) is 6.08 Å². The molecule has 4 rings (SSSR count). The Hall–Kier alpha value is -2.73. The minimum absolute atomic E-state index is 0.0848. The molecule has 0 fully saturated rings. The van der Waals surface area contributed by atoms with E-state index in [0.717, 1.165) is 34.2 Å². The van der Waals surface area contributed by atoms with Crippen LogP contribution in [0.5, 0.6) is 0 Å². The van der Waals surface area contributed by atoms with Crippen LogP contribution in [0.2, 0.25) is 0 Å². The molecule has 5 nitrogen and oxygen atoms in total. The van der Waals surface area contributed by atoms with Crippen LogP contribution in [0.3, 0.4) is 0 Å². The van der Waals surface area contributed by atoms with Crippen LogP contribution in [-0.2, 0) is 4.79 Å². The first-order chi connectivity index (χ1) is 12.2. The fourth-order valence-corrected chi connectivity index (χ4v) is 3.86. The molecule has 2 aromatic rings. The van der Waals surface area contributed by atoms with Crippen molar-refractivity contribution in [1.82, 2.24) is 5.01 Å². The second-order valence-corrected chi connectivity index (χ2v) is 6.87. The van der Waals surface area contributed by atoms with E-state index in [0.29, 0.717) is 5.17 Å². The Labute approximate surface area is 149 Å². The highest BCUT2D eigenvalue weighted by atomic mass is 32.2. The van der Waals surface area contributed by atoms with Crippen LogP contribution in [0, 0.1) is 5.41 Å². The number of hydrogen-bond acceptors (Lipinski definition) is 4. The van der Waals surface area contributed by atoms with Gasteiger partial charge in [-0.2, -0.15) is 15.1 Å². The van der Waals surface area contributed by atoms with Gasteiger partial charge in [0.2, 0.25) is 5.17 Å². The van der Waals surface area contributed by atoms with E-state index in [1.807, 2.05) is 42.5 Å². The Balaban J connectivity index is 1.77. The number of fused-ring (bicyclic) bond motifs is 2. The molecule has 25 heavy (non-hydrogen) atoms. The van der Waals surface area contributed by atoms with Crippen molar-refractivity contribution in [2.45, 2.75) is 19.8 Å².